The molecule has 3 unspecified atom stereocenters. The number of piperidine rings is 1. The molecule has 1 aromatic heterocycles. The molecular weight excluding hydrogens is 510 g/mol. The third-order valence-electron chi connectivity index (χ3n) is 9.50. The van der Waals surface area contributed by atoms with Crippen molar-refractivity contribution >= 4 is 29.3 Å². The molecule has 3 aliphatic carbocycles. The summed E-state index contributed by atoms with van der Waals surface area (Å²) >= 11 is 0. The van der Waals surface area contributed by atoms with Crippen molar-refractivity contribution in [2.45, 2.75) is 94.2 Å². The zero-order valence-corrected chi connectivity index (χ0v) is 22.5. The number of hydrogen-bond donors (Lipinski definition) is 3. The van der Waals surface area contributed by atoms with Crippen molar-refractivity contribution in [3.05, 3.63) is 46.8 Å². The van der Waals surface area contributed by atoms with Gasteiger partial charge in [-0.2, -0.15) is 5.10 Å². The van der Waals surface area contributed by atoms with Crippen LogP contribution in [0.5, 0.6) is 0 Å². The van der Waals surface area contributed by atoms with Gasteiger partial charge in [-0.3, -0.25) is 34.1 Å². The second-order valence-electron chi connectivity index (χ2n) is 12.3. The Morgan fingerprint density at radius 3 is 2.50 bits per heavy atom. The van der Waals surface area contributed by atoms with Crippen LogP contribution in [0, 0.1) is 5.92 Å². The van der Waals surface area contributed by atoms with E-state index in [4.69, 9.17) is 5.10 Å². The summed E-state index contributed by atoms with van der Waals surface area (Å²) in [5.74, 6) is -0.736. The van der Waals surface area contributed by atoms with E-state index in [1.165, 1.54) is 30.5 Å². The number of rotatable bonds is 7. The van der Waals surface area contributed by atoms with Crippen LogP contribution in [0.2, 0.25) is 0 Å². The average molecular weight is 546 g/mol. The number of aliphatic hydroxyl groups excluding tert-OH is 1. The lowest BCUT2D eigenvalue weighted by Crippen LogP contribution is -2.54. The largest absolute Gasteiger partial charge is 0.392 e. The van der Waals surface area contributed by atoms with Crippen molar-refractivity contribution in [1.29, 1.82) is 0 Å². The molecule has 1 saturated heterocycles. The minimum atomic E-state index is -0.960. The zero-order valence-electron chi connectivity index (χ0n) is 22.5. The van der Waals surface area contributed by atoms with Crippen molar-refractivity contribution < 1.29 is 24.3 Å². The van der Waals surface area contributed by atoms with Gasteiger partial charge in [-0.1, -0.05) is 12.8 Å². The van der Waals surface area contributed by atoms with Crippen LogP contribution < -0.4 is 10.6 Å². The van der Waals surface area contributed by atoms with E-state index >= 15 is 0 Å². The average Bonchev–Trinajstić information content (AvgIpc) is 3.63. The molecule has 4 amide bonds. The molecule has 2 aromatic rings. The van der Waals surface area contributed by atoms with Crippen molar-refractivity contribution in [1.82, 2.24) is 20.0 Å². The highest BCUT2D eigenvalue weighted by atomic mass is 16.3. The third kappa shape index (κ3) is 4.42. The Balaban J connectivity index is 0.975. The Bertz CT molecular complexity index is 1390. The minimum absolute atomic E-state index is 0.100. The predicted molar refractivity (Wildman–Crippen MR) is 145 cm³/mol. The van der Waals surface area contributed by atoms with Gasteiger partial charge in [0.2, 0.25) is 11.8 Å². The number of aliphatic hydroxyl groups is 1. The number of nitrogens with one attached hydrogen (secondary N) is 2. The lowest BCUT2D eigenvalue weighted by atomic mass is 9.80. The van der Waals surface area contributed by atoms with Gasteiger partial charge in [0, 0.05) is 36.7 Å². The molecule has 5 aliphatic rings. The highest BCUT2D eigenvalue weighted by Gasteiger charge is 2.45. The monoisotopic (exact) mass is 545 g/mol. The number of fused-ring (bicyclic) bond motifs is 1. The van der Waals surface area contributed by atoms with Gasteiger partial charge in [-0.25, -0.2) is 0 Å². The SMILES string of the molecule is O=C1CCC(N2C(=O)c3ccc(NCC4CC(n5cc(C6CCCCC6O)c(C6CC6)n5)C4)cc3C2=O)C(=O)N1. The first-order valence-electron chi connectivity index (χ1n) is 14.7. The van der Waals surface area contributed by atoms with Crippen LogP contribution in [-0.2, 0) is 9.59 Å². The molecule has 3 saturated carbocycles. The third-order valence-corrected chi connectivity index (χ3v) is 9.50. The standard InChI is InChI=1S/C30H35N5O5/c36-25-4-2-1-3-20(25)23-15-34(33-27(23)17-5-6-17)19-11-16(12-19)14-31-18-7-8-21-22(13-18)30(40)35(29(21)39)24-9-10-26(37)32-28(24)38/h7-8,13,15-17,19-20,24-25,31,36H,1-6,9-12,14H2,(H,32,37,38). The van der Waals surface area contributed by atoms with Gasteiger partial charge in [-0.15, -0.1) is 0 Å². The maximum Gasteiger partial charge on any atom is 0.262 e. The fourth-order valence-electron chi connectivity index (χ4n) is 6.97. The molecule has 3 heterocycles. The number of benzene rings is 1. The topological polar surface area (TPSA) is 134 Å². The summed E-state index contributed by atoms with van der Waals surface area (Å²) in [5, 5.41) is 21.3. The number of imide groups is 2. The van der Waals surface area contributed by atoms with Gasteiger partial charge in [-0.05, 0) is 74.6 Å². The Morgan fingerprint density at radius 1 is 0.975 bits per heavy atom. The lowest BCUT2D eigenvalue weighted by Gasteiger charge is -2.36. The van der Waals surface area contributed by atoms with Gasteiger partial charge in [0.15, 0.2) is 0 Å². The number of aromatic nitrogens is 2. The fraction of sp³-hybridized carbons (Fsp3) is 0.567. The summed E-state index contributed by atoms with van der Waals surface area (Å²) in [5.41, 5.74) is 3.83. The molecule has 40 heavy (non-hydrogen) atoms. The Morgan fingerprint density at radius 2 is 1.75 bits per heavy atom. The van der Waals surface area contributed by atoms with Crippen LogP contribution in [-0.4, -0.2) is 62.1 Å². The van der Waals surface area contributed by atoms with Gasteiger partial charge in [0.25, 0.3) is 11.8 Å². The number of carbonyl (C=O) groups is 4. The number of amides is 4. The van der Waals surface area contributed by atoms with E-state index in [1.807, 2.05) is 0 Å². The molecule has 7 rings (SSSR count). The highest BCUT2D eigenvalue weighted by molar-refractivity contribution is 6.23. The number of nitrogens with zero attached hydrogens (tertiary/aromatic N) is 3. The molecule has 210 valence electrons. The highest BCUT2D eigenvalue weighted by Crippen LogP contribution is 2.47. The molecule has 10 heteroatoms. The molecule has 3 atom stereocenters. The Kier molecular flexibility index (Phi) is 6.25. The summed E-state index contributed by atoms with van der Waals surface area (Å²) in [4.78, 5) is 50.8. The van der Waals surface area contributed by atoms with Crippen LogP contribution in [0.4, 0.5) is 5.69 Å². The smallest absolute Gasteiger partial charge is 0.262 e. The van der Waals surface area contributed by atoms with E-state index in [2.05, 4.69) is 21.5 Å². The normalized spacial score (nSPS) is 30.2. The van der Waals surface area contributed by atoms with E-state index in [9.17, 15) is 24.3 Å². The maximum atomic E-state index is 13.1. The van der Waals surface area contributed by atoms with Gasteiger partial charge in [0.05, 0.1) is 29.0 Å². The first kappa shape index (κ1) is 25.4. The van der Waals surface area contributed by atoms with Crippen molar-refractivity contribution in [3.8, 4) is 0 Å². The summed E-state index contributed by atoms with van der Waals surface area (Å²) in [6, 6.07) is 4.52. The lowest BCUT2D eigenvalue weighted by molar-refractivity contribution is -0.136. The second kappa shape index (κ2) is 9.83. The summed E-state index contributed by atoms with van der Waals surface area (Å²) < 4.78 is 2.16. The molecule has 2 aliphatic heterocycles. The molecule has 1 aromatic carbocycles. The van der Waals surface area contributed by atoms with E-state index in [1.54, 1.807) is 18.2 Å². The van der Waals surface area contributed by atoms with Crippen molar-refractivity contribution in [2.75, 3.05) is 11.9 Å². The van der Waals surface area contributed by atoms with Crippen LogP contribution >= 0.6 is 0 Å². The first-order valence-corrected chi connectivity index (χ1v) is 14.7. The molecule has 0 spiro atoms. The van der Waals surface area contributed by atoms with Crippen LogP contribution in [0.3, 0.4) is 0 Å². The summed E-state index contributed by atoms with van der Waals surface area (Å²) in [7, 11) is 0. The second-order valence-corrected chi connectivity index (χ2v) is 12.3. The van der Waals surface area contributed by atoms with Gasteiger partial charge < -0.3 is 10.4 Å². The van der Waals surface area contributed by atoms with E-state index in [0.29, 0.717) is 17.9 Å². The number of carbonyl (C=O) groups excluding carboxylic acids is 4. The molecule has 0 bridgehead atoms. The fourth-order valence-corrected chi connectivity index (χ4v) is 6.97. The predicted octanol–water partition coefficient (Wildman–Crippen LogP) is 3.24. The van der Waals surface area contributed by atoms with Crippen LogP contribution in [0.1, 0.15) is 114 Å². The van der Waals surface area contributed by atoms with Crippen LogP contribution in [0.15, 0.2) is 24.4 Å². The van der Waals surface area contributed by atoms with E-state index in [-0.39, 0.29) is 41.9 Å². The van der Waals surface area contributed by atoms with Crippen molar-refractivity contribution in [3.63, 3.8) is 0 Å². The van der Waals surface area contributed by atoms with Gasteiger partial charge in [0.1, 0.15) is 6.04 Å². The summed E-state index contributed by atoms with van der Waals surface area (Å²) in [6.45, 7) is 0.749. The van der Waals surface area contributed by atoms with Gasteiger partial charge >= 0.3 is 0 Å². The first-order chi connectivity index (χ1) is 19.4. The minimum Gasteiger partial charge on any atom is -0.392 e. The number of hydrogen-bond acceptors (Lipinski definition) is 7. The maximum absolute atomic E-state index is 13.1. The Labute approximate surface area is 232 Å². The molecule has 4 fully saturated rings. The molecular formula is C30H35N5O5. The molecule has 10 nitrogen and oxygen atoms in total. The molecule has 0 radical (unpaired) electrons. The molecule has 3 N–H and O–H groups in total. The number of anilines is 1. The van der Waals surface area contributed by atoms with Crippen LogP contribution in [0.25, 0.3) is 0 Å². The van der Waals surface area contributed by atoms with Crippen molar-refractivity contribution in [2.24, 2.45) is 5.92 Å². The Hall–Kier alpha value is -3.53. The van der Waals surface area contributed by atoms with E-state index < -0.39 is 23.8 Å². The zero-order chi connectivity index (χ0) is 27.5. The quantitative estimate of drug-likeness (QED) is 0.455. The van der Waals surface area contributed by atoms with E-state index in [0.717, 1.165) is 49.2 Å². The summed E-state index contributed by atoms with van der Waals surface area (Å²) in [6.07, 6.45) is 10.8.